The fourth-order valence-corrected chi connectivity index (χ4v) is 7.48. The third-order valence-electron chi connectivity index (χ3n) is 11.5. The maximum Gasteiger partial charge on any atom is 0.328 e. The van der Waals surface area contributed by atoms with Crippen molar-refractivity contribution in [3.8, 4) is 5.75 Å². The van der Waals surface area contributed by atoms with Crippen LogP contribution >= 0.6 is 0 Å². The number of nitrogens with two attached hydrogens (primary N) is 4. The van der Waals surface area contributed by atoms with Crippen molar-refractivity contribution in [1.82, 2.24) is 46.8 Å². The van der Waals surface area contributed by atoms with Gasteiger partial charge in [0.15, 0.2) is 18.0 Å². The molecule has 2 aromatic rings. The number of aliphatic imine (C=N–C) groups is 2. The van der Waals surface area contributed by atoms with Gasteiger partial charge in [-0.3, -0.25) is 38.6 Å². The van der Waals surface area contributed by atoms with Crippen LogP contribution in [0.2, 0.25) is 0 Å². The minimum absolute atomic E-state index is 0.0347. The highest BCUT2D eigenvalue weighted by Crippen LogP contribution is 2.21. The number of amides is 7. The number of benzene rings is 1. The number of aromatic amines is 1. The third-order valence-corrected chi connectivity index (χ3v) is 11.5. The quantitative estimate of drug-likeness (QED) is 0.0233. The monoisotopic (exact) mass is 984 g/mol. The van der Waals surface area contributed by atoms with E-state index >= 15 is 0 Å². The number of aliphatic hydroxyl groups is 1. The Balaban J connectivity index is 1.93. The van der Waals surface area contributed by atoms with Crippen molar-refractivity contribution in [2.45, 2.75) is 128 Å². The van der Waals surface area contributed by atoms with Gasteiger partial charge in [0.05, 0.1) is 12.4 Å². The van der Waals surface area contributed by atoms with Crippen LogP contribution in [0.15, 0.2) is 46.8 Å². The summed E-state index contributed by atoms with van der Waals surface area (Å²) in [5.74, 6) is -8.54. The van der Waals surface area contributed by atoms with Gasteiger partial charge in [-0.15, -0.1) is 0 Å². The Morgan fingerprint density at radius 3 is 1.97 bits per heavy atom. The van der Waals surface area contributed by atoms with Gasteiger partial charge in [-0.25, -0.2) is 14.8 Å². The highest BCUT2D eigenvalue weighted by molar-refractivity contribution is 5.98. The highest BCUT2D eigenvalue weighted by atomic mass is 16.4. The molecule has 1 aromatic heterocycles. The van der Waals surface area contributed by atoms with E-state index < -0.39 is 114 Å². The first-order valence-corrected chi connectivity index (χ1v) is 22.9. The van der Waals surface area contributed by atoms with Crippen LogP contribution in [0.1, 0.15) is 78.0 Å². The van der Waals surface area contributed by atoms with Crippen molar-refractivity contribution in [3.63, 3.8) is 0 Å². The first kappa shape index (κ1) is 56.8. The lowest BCUT2D eigenvalue weighted by Crippen LogP contribution is -2.62. The SMILES string of the molecule is CC[C@H](C)[C@H](NC(=O)[C@H](Cc1ccc(O)cc1)NC(=O)[C@@H](NC(=O)[C@H](CCCN=C(N)N)NC(=O)CN=C(N)N)C(C)C)C(=O)N[C@@H](Cc1cnc[nH]1)C(=O)N1CCC[C@H]1C(=O)N[C@H](C(=O)O)[C@@H](C)O. The molecule has 9 atom stereocenters. The van der Waals surface area contributed by atoms with Crippen LogP contribution in [0.5, 0.6) is 5.75 Å². The van der Waals surface area contributed by atoms with Crippen LogP contribution in [-0.4, -0.2) is 157 Å². The Bertz CT molecular complexity index is 2160. The molecular formula is C44H69N15O11. The number of hydrogen-bond acceptors (Lipinski definition) is 13. The van der Waals surface area contributed by atoms with Crippen molar-refractivity contribution in [1.29, 1.82) is 0 Å². The number of rotatable bonds is 27. The molecule has 26 heteroatoms. The second kappa shape index (κ2) is 27.5. The molecule has 26 nitrogen and oxygen atoms in total. The molecule has 0 spiro atoms. The molecule has 0 aliphatic carbocycles. The Kier molecular flexibility index (Phi) is 22.3. The van der Waals surface area contributed by atoms with Crippen LogP contribution in [0.4, 0.5) is 0 Å². The van der Waals surface area contributed by atoms with Crippen LogP contribution < -0.4 is 54.8 Å². The molecule has 386 valence electrons. The first-order valence-electron chi connectivity index (χ1n) is 22.9. The van der Waals surface area contributed by atoms with Crippen LogP contribution in [-0.2, 0) is 51.2 Å². The zero-order valence-corrected chi connectivity index (χ0v) is 40.0. The zero-order valence-electron chi connectivity index (χ0n) is 40.0. The maximum absolute atomic E-state index is 14.5. The number of aliphatic carboxylic acids is 1. The average Bonchev–Trinajstić information content (AvgIpc) is 4.02. The summed E-state index contributed by atoms with van der Waals surface area (Å²) in [5.41, 5.74) is 22.5. The van der Waals surface area contributed by atoms with Gasteiger partial charge in [-0.05, 0) is 62.1 Å². The number of hydrogen-bond donors (Lipinski definition) is 14. The van der Waals surface area contributed by atoms with E-state index in [1.54, 1.807) is 27.7 Å². The molecule has 1 saturated heterocycles. The van der Waals surface area contributed by atoms with E-state index in [0.717, 1.165) is 0 Å². The number of guanidine groups is 2. The van der Waals surface area contributed by atoms with Crippen molar-refractivity contribution >= 4 is 59.2 Å². The van der Waals surface area contributed by atoms with Crippen LogP contribution in [0.25, 0.3) is 0 Å². The normalized spacial score (nSPS) is 16.7. The molecular weight excluding hydrogens is 915 g/mol. The smallest absolute Gasteiger partial charge is 0.328 e. The lowest BCUT2D eigenvalue weighted by atomic mass is 9.96. The number of carbonyl (C=O) groups excluding carboxylic acids is 7. The number of carbonyl (C=O) groups is 8. The number of phenolic OH excluding ortho intramolecular Hbond substituents is 1. The number of aromatic nitrogens is 2. The zero-order chi connectivity index (χ0) is 52.2. The van der Waals surface area contributed by atoms with Crippen molar-refractivity contribution in [2.75, 3.05) is 19.6 Å². The molecule has 7 amide bonds. The summed E-state index contributed by atoms with van der Waals surface area (Å²) < 4.78 is 0. The van der Waals surface area contributed by atoms with Crippen LogP contribution in [0.3, 0.4) is 0 Å². The minimum atomic E-state index is -1.64. The molecule has 0 radical (unpaired) electrons. The van der Waals surface area contributed by atoms with Gasteiger partial charge in [-0.1, -0.05) is 46.2 Å². The number of aliphatic hydroxyl groups excluding tert-OH is 1. The minimum Gasteiger partial charge on any atom is -0.508 e. The van der Waals surface area contributed by atoms with Gasteiger partial charge in [0.2, 0.25) is 41.4 Å². The van der Waals surface area contributed by atoms with Crippen LogP contribution in [0, 0.1) is 11.8 Å². The summed E-state index contributed by atoms with van der Waals surface area (Å²) in [5, 5.41) is 45.2. The summed E-state index contributed by atoms with van der Waals surface area (Å²) in [7, 11) is 0. The maximum atomic E-state index is 14.5. The number of likely N-dealkylation sites (tertiary alicyclic amines) is 1. The molecule has 0 unspecified atom stereocenters. The summed E-state index contributed by atoms with van der Waals surface area (Å²) in [6, 6.07) is -3.45. The number of imidazole rings is 1. The summed E-state index contributed by atoms with van der Waals surface area (Å²) >= 11 is 0. The van der Waals surface area contributed by atoms with Crippen molar-refractivity contribution < 1.29 is 53.7 Å². The number of nitrogens with one attached hydrogen (secondary N) is 7. The predicted molar refractivity (Wildman–Crippen MR) is 255 cm³/mol. The topological polar surface area (TPSA) is 430 Å². The van der Waals surface area contributed by atoms with E-state index in [-0.39, 0.29) is 62.9 Å². The number of carboxylic acid groups (broad SMARTS) is 1. The highest BCUT2D eigenvalue weighted by Gasteiger charge is 2.41. The largest absolute Gasteiger partial charge is 0.508 e. The second-order valence-corrected chi connectivity index (χ2v) is 17.4. The lowest BCUT2D eigenvalue weighted by molar-refractivity contribution is -0.147. The fraction of sp³-hybridized carbons (Fsp3) is 0.568. The number of nitrogens with zero attached hydrogens (tertiary/aromatic N) is 4. The molecule has 0 bridgehead atoms. The molecule has 0 saturated carbocycles. The first-order chi connectivity index (χ1) is 33.0. The van der Waals surface area contributed by atoms with E-state index in [2.05, 4.69) is 51.9 Å². The summed E-state index contributed by atoms with van der Waals surface area (Å²) in [6.45, 7) is 7.69. The fourth-order valence-electron chi connectivity index (χ4n) is 7.48. The Labute approximate surface area is 405 Å². The number of phenols is 1. The third kappa shape index (κ3) is 17.9. The van der Waals surface area contributed by atoms with Gasteiger partial charge < -0.3 is 80.0 Å². The van der Waals surface area contributed by atoms with Crippen molar-refractivity contribution in [2.24, 2.45) is 44.8 Å². The van der Waals surface area contributed by atoms with E-state index in [1.807, 2.05) is 0 Å². The van der Waals surface area contributed by atoms with E-state index in [0.29, 0.717) is 24.1 Å². The lowest BCUT2D eigenvalue weighted by Gasteiger charge is -2.32. The molecule has 1 aromatic carbocycles. The second-order valence-electron chi connectivity index (χ2n) is 17.4. The summed E-state index contributed by atoms with van der Waals surface area (Å²) in [6.07, 6.45) is 2.27. The molecule has 3 rings (SSSR count). The van der Waals surface area contributed by atoms with E-state index in [1.165, 1.54) is 48.6 Å². The molecule has 70 heavy (non-hydrogen) atoms. The van der Waals surface area contributed by atoms with E-state index in [9.17, 15) is 53.7 Å². The van der Waals surface area contributed by atoms with Gasteiger partial charge in [0, 0.05) is 37.8 Å². The molecule has 1 aliphatic heterocycles. The molecule has 2 heterocycles. The van der Waals surface area contributed by atoms with Gasteiger partial charge in [-0.2, -0.15) is 0 Å². The average molecular weight is 984 g/mol. The van der Waals surface area contributed by atoms with Gasteiger partial charge in [0.1, 0.15) is 48.5 Å². The van der Waals surface area contributed by atoms with E-state index in [4.69, 9.17) is 22.9 Å². The number of carboxylic acids is 1. The Morgan fingerprint density at radius 2 is 1.40 bits per heavy atom. The summed E-state index contributed by atoms with van der Waals surface area (Å²) in [4.78, 5) is 125. The van der Waals surface area contributed by atoms with Gasteiger partial charge in [0.25, 0.3) is 0 Å². The molecule has 1 fully saturated rings. The van der Waals surface area contributed by atoms with Gasteiger partial charge >= 0.3 is 5.97 Å². The van der Waals surface area contributed by atoms with Crippen molar-refractivity contribution in [3.05, 3.63) is 48.0 Å². The Hall–Kier alpha value is -7.51. The number of aromatic hydroxyl groups is 1. The predicted octanol–water partition coefficient (Wildman–Crippen LogP) is -3.71. The molecule has 1 aliphatic rings. The molecule has 18 N–H and O–H groups in total. The Morgan fingerprint density at radius 1 is 0.786 bits per heavy atom. The standard InChI is InChI=1S/C44H69N15O11/c1-6-23(4)34(40(67)55-30(18-26-19-49-21-52-26)41(68)59-16-8-10-31(59)38(65)58-35(24(5)60)42(69)70)57-37(64)29(17-25-11-13-27(61)14-12-25)54-39(66)33(22(2)3)56-36(63)28(9-7-15-50-43(45)46)53-32(62)20-51-44(47)48/h11-14,19,21-24,28-31,33-35,60-61H,6-10,15-18,20H2,1-5H3,(H,49,52)(H,53,62)(H,54,66)(H,55,67)(H,56,63)(H,57,64)(H,58,65)(H,69,70)(H4,45,46,50)(H4,47,48,51)/t23-,24+,28-,29-,30-,31-,33-,34-,35-/m0/s1. The number of H-pyrrole nitrogens is 1.